The zero-order chi connectivity index (χ0) is 12.2. The van der Waals surface area contributed by atoms with Gasteiger partial charge in [-0.1, -0.05) is 12.1 Å². The summed E-state index contributed by atoms with van der Waals surface area (Å²) >= 11 is 0. The van der Waals surface area contributed by atoms with Crippen molar-refractivity contribution in [3.63, 3.8) is 0 Å². The highest BCUT2D eigenvalue weighted by molar-refractivity contribution is 5.62. The largest absolute Gasteiger partial charge is 0.491 e. The van der Waals surface area contributed by atoms with Gasteiger partial charge in [-0.25, -0.2) is 0 Å². The number of aromatic amines is 1. The van der Waals surface area contributed by atoms with Gasteiger partial charge in [0.25, 0.3) is 0 Å². The second kappa shape index (κ2) is 5.23. The van der Waals surface area contributed by atoms with Crippen LogP contribution in [0.3, 0.4) is 0 Å². The van der Waals surface area contributed by atoms with Crippen LogP contribution in [0.2, 0.25) is 0 Å². The standard InChI is InChI=1S/C14H16N2O2/c1-2-14(17-7-1)10-18-13-5-3-11(4-6-13)12-8-15-16-9-12/h3-6,8-9,14H,1-2,7,10H2,(H,15,16)/t14-/m0/s1. The van der Waals surface area contributed by atoms with E-state index in [-0.39, 0.29) is 6.10 Å². The highest BCUT2D eigenvalue weighted by atomic mass is 16.5. The lowest BCUT2D eigenvalue weighted by molar-refractivity contribution is 0.0679. The van der Waals surface area contributed by atoms with Crippen LogP contribution in [0.5, 0.6) is 5.75 Å². The molecule has 3 rings (SSSR count). The van der Waals surface area contributed by atoms with Crippen molar-refractivity contribution in [3.8, 4) is 16.9 Å². The Morgan fingerprint density at radius 1 is 1.28 bits per heavy atom. The molecule has 1 aromatic heterocycles. The van der Waals surface area contributed by atoms with E-state index in [0.29, 0.717) is 6.61 Å². The minimum absolute atomic E-state index is 0.263. The van der Waals surface area contributed by atoms with Gasteiger partial charge in [0.2, 0.25) is 0 Å². The maximum atomic E-state index is 5.71. The number of hydrogen-bond acceptors (Lipinski definition) is 3. The van der Waals surface area contributed by atoms with Crippen LogP contribution in [0.4, 0.5) is 0 Å². The number of aromatic nitrogens is 2. The third-order valence-electron chi connectivity index (χ3n) is 3.15. The SMILES string of the molecule is c1cc(-c2cn[nH]c2)ccc1OC[C@@H]1CCCO1. The van der Waals surface area contributed by atoms with Gasteiger partial charge in [0.15, 0.2) is 0 Å². The smallest absolute Gasteiger partial charge is 0.119 e. The number of rotatable bonds is 4. The summed E-state index contributed by atoms with van der Waals surface area (Å²) in [6, 6.07) is 8.04. The molecule has 1 aliphatic rings. The lowest BCUT2D eigenvalue weighted by atomic mass is 10.1. The van der Waals surface area contributed by atoms with E-state index in [0.717, 1.165) is 36.3 Å². The molecule has 18 heavy (non-hydrogen) atoms. The van der Waals surface area contributed by atoms with Gasteiger partial charge in [-0.3, -0.25) is 5.10 Å². The molecule has 94 valence electrons. The van der Waals surface area contributed by atoms with Crippen LogP contribution in [0.15, 0.2) is 36.7 Å². The Labute approximate surface area is 106 Å². The van der Waals surface area contributed by atoms with E-state index < -0.39 is 0 Å². The summed E-state index contributed by atoms with van der Waals surface area (Å²) in [5.41, 5.74) is 2.22. The van der Waals surface area contributed by atoms with E-state index in [1.165, 1.54) is 0 Å². The number of benzene rings is 1. The quantitative estimate of drug-likeness (QED) is 0.899. The predicted molar refractivity (Wildman–Crippen MR) is 68.5 cm³/mol. The molecule has 1 saturated heterocycles. The van der Waals surface area contributed by atoms with Gasteiger partial charge in [-0.05, 0) is 30.5 Å². The minimum atomic E-state index is 0.263. The van der Waals surface area contributed by atoms with Crippen LogP contribution in [0.25, 0.3) is 11.1 Å². The van der Waals surface area contributed by atoms with Crippen LogP contribution in [-0.2, 0) is 4.74 Å². The summed E-state index contributed by atoms with van der Waals surface area (Å²) in [7, 11) is 0. The molecule has 2 heterocycles. The van der Waals surface area contributed by atoms with Crippen molar-refractivity contribution >= 4 is 0 Å². The Bertz CT molecular complexity index is 473. The van der Waals surface area contributed by atoms with Crippen LogP contribution in [0.1, 0.15) is 12.8 Å². The third kappa shape index (κ3) is 2.54. The molecule has 1 aliphatic heterocycles. The van der Waals surface area contributed by atoms with E-state index in [4.69, 9.17) is 9.47 Å². The van der Waals surface area contributed by atoms with Gasteiger partial charge in [-0.15, -0.1) is 0 Å². The molecule has 0 amide bonds. The molecule has 2 aromatic rings. The maximum Gasteiger partial charge on any atom is 0.119 e. The molecule has 1 atom stereocenters. The van der Waals surface area contributed by atoms with Crippen molar-refractivity contribution < 1.29 is 9.47 Å². The Morgan fingerprint density at radius 3 is 2.83 bits per heavy atom. The van der Waals surface area contributed by atoms with E-state index >= 15 is 0 Å². The number of ether oxygens (including phenoxy) is 2. The van der Waals surface area contributed by atoms with Crippen molar-refractivity contribution in [3.05, 3.63) is 36.7 Å². The third-order valence-corrected chi connectivity index (χ3v) is 3.15. The van der Waals surface area contributed by atoms with Crippen molar-refractivity contribution in [1.82, 2.24) is 10.2 Å². The normalized spacial score (nSPS) is 19.0. The molecule has 0 unspecified atom stereocenters. The summed E-state index contributed by atoms with van der Waals surface area (Å²) in [6.45, 7) is 1.51. The van der Waals surface area contributed by atoms with Crippen molar-refractivity contribution in [2.75, 3.05) is 13.2 Å². The average molecular weight is 244 g/mol. The van der Waals surface area contributed by atoms with E-state index in [9.17, 15) is 0 Å². The van der Waals surface area contributed by atoms with Crippen molar-refractivity contribution in [2.24, 2.45) is 0 Å². The molecule has 1 N–H and O–H groups in total. The first-order valence-electron chi connectivity index (χ1n) is 6.25. The summed E-state index contributed by atoms with van der Waals surface area (Å²) < 4.78 is 11.2. The van der Waals surface area contributed by atoms with Crippen LogP contribution in [0, 0.1) is 0 Å². The minimum Gasteiger partial charge on any atom is -0.491 e. The van der Waals surface area contributed by atoms with E-state index in [2.05, 4.69) is 10.2 Å². The molecule has 1 fully saturated rings. The van der Waals surface area contributed by atoms with Crippen molar-refractivity contribution in [2.45, 2.75) is 18.9 Å². The topological polar surface area (TPSA) is 47.1 Å². The molecule has 4 nitrogen and oxygen atoms in total. The van der Waals surface area contributed by atoms with Gasteiger partial charge in [0, 0.05) is 18.4 Å². The average Bonchev–Trinajstić information content (AvgIpc) is 3.10. The number of nitrogens with zero attached hydrogens (tertiary/aromatic N) is 1. The van der Waals surface area contributed by atoms with Gasteiger partial charge in [-0.2, -0.15) is 5.10 Å². The Morgan fingerprint density at radius 2 is 2.17 bits per heavy atom. The fourth-order valence-corrected chi connectivity index (χ4v) is 2.12. The van der Waals surface area contributed by atoms with Crippen LogP contribution < -0.4 is 4.74 Å². The number of nitrogens with one attached hydrogen (secondary N) is 1. The van der Waals surface area contributed by atoms with Gasteiger partial charge < -0.3 is 9.47 Å². The molecule has 0 aliphatic carbocycles. The zero-order valence-electron chi connectivity index (χ0n) is 10.1. The van der Waals surface area contributed by atoms with Crippen molar-refractivity contribution in [1.29, 1.82) is 0 Å². The first-order chi connectivity index (χ1) is 8.92. The zero-order valence-corrected chi connectivity index (χ0v) is 10.1. The monoisotopic (exact) mass is 244 g/mol. The Hall–Kier alpha value is -1.81. The summed E-state index contributed by atoms with van der Waals surface area (Å²) in [5, 5.41) is 6.74. The maximum absolute atomic E-state index is 5.71. The van der Waals surface area contributed by atoms with Gasteiger partial charge in [0.1, 0.15) is 12.4 Å². The second-order valence-corrected chi connectivity index (χ2v) is 4.46. The molecule has 1 aromatic carbocycles. The highest BCUT2D eigenvalue weighted by Crippen LogP contribution is 2.22. The van der Waals surface area contributed by atoms with Gasteiger partial charge in [0.05, 0.1) is 12.3 Å². The summed E-state index contributed by atoms with van der Waals surface area (Å²) in [5.74, 6) is 0.887. The first-order valence-corrected chi connectivity index (χ1v) is 6.25. The fourth-order valence-electron chi connectivity index (χ4n) is 2.12. The number of hydrogen-bond donors (Lipinski definition) is 1. The summed E-state index contributed by atoms with van der Waals surface area (Å²) in [6.07, 6.45) is 6.20. The number of H-pyrrole nitrogens is 1. The van der Waals surface area contributed by atoms with E-state index in [1.807, 2.05) is 36.7 Å². The molecule has 0 spiro atoms. The van der Waals surface area contributed by atoms with Crippen LogP contribution in [-0.4, -0.2) is 29.5 Å². The molecular weight excluding hydrogens is 228 g/mol. The predicted octanol–water partition coefficient (Wildman–Crippen LogP) is 2.63. The molecule has 0 bridgehead atoms. The van der Waals surface area contributed by atoms with E-state index in [1.54, 1.807) is 0 Å². The van der Waals surface area contributed by atoms with Gasteiger partial charge >= 0.3 is 0 Å². The summed E-state index contributed by atoms with van der Waals surface area (Å²) in [4.78, 5) is 0. The van der Waals surface area contributed by atoms with Crippen LogP contribution >= 0.6 is 0 Å². The molecule has 0 saturated carbocycles. The lowest BCUT2D eigenvalue weighted by Crippen LogP contribution is -2.16. The molecular formula is C14H16N2O2. The molecule has 4 heteroatoms. The lowest BCUT2D eigenvalue weighted by Gasteiger charge is -2.11. The molecule has 0 radical (unpaired) electrons. The second-order valence-electron chi connectivity index (χ2n) is 4.46. The Balaban J connectivity index is 1.60. The highest BCUT2D eigenvalue weighted by Gasteiger charge is 2.15. The first kappa shape index (κ1) is 11.3. The Kier molecular flexibility index (Phi) is 3.28. The fraction of sp³-hybridized carbons (Fsp3) is 0.357.